The average molecular weight is 573 g/mol. The number of hydrogen-bond donors (Lipinski definition) is 0. The Morgan fingerprint density at radius 2 is 0.682 bits per heavy atom. The Balaban J connectivity index is 1.43. The molecule has 0 N–H and O–H groups in total. The molecule has 0 aromatic heterocycles. The summed E-state index contributed by atoms with van der Waals surface area (Å²) in [6.07, 6.45) is 0. The van der Waals surface area contributed by atoms with Crippen LogP contribution in [-0.4, -0.2) is 0 Å². The molecule has 0 aliphatic carbocycles. The van der Waals surface area contributed by atoms with Crippen LogP contribution in [0.25, 0.3) is 32.3 Å². The highest BCUT2D eigenvalue weighted by molar-refractivity contribution is 6.28. The molecule has 0 fully saturated rings. The fraction of sp³-hybridized carbons (Fsp3) is 0. The molecule has 0 unspecified atom stereocenters. The minimum absolute atomic E-state index is 0.298. The lowest BCUT2D eigenvalue weighted by Crippen LogP contribution is -2.13. The molecule has 0 bridgehead atoms. The molecule has 0 saturated heterocycles. The summed E-state index contributed by atoms with van der Waals surface area (Å²) in [5.74, 6) is -0.597. The van der Waals surface area contributed by atoms with Gasteiger partial charge >= 0.3 is 0 Å². The van der Waals surface area contributed by atoms with E-state index >= 15 is 8.78 Å². The first-order valence-corrected chi connectivity index (χ1v) is 14.6. The van der Waals surface area contributed by atoms with Gasteiger partial charge in [0, 0.05) is 22.1 Å². The molecule has 8 rings (SSSR count). The van der Waals surface area contributed by atoms with Gasteiger partial charge in [0.1, 0.15) is 11.6 Å². The van der Waals surface area contributed by atoms with Gasteiger partial charge in [0.2, 0.25) is 0 Å². The van der Waals surface area contributed by atoms with Gasteiger partial charge in [0.05, 0.1) is 22.7 Å². The number of nitrogens with zero attached hydrogens (tertiary/aromatic N) is 2. The molecule has 210 valence electrons. The van der Waals surface area contributed by atoms with Crippen LogP contribution in [0.3, 0.4) is 0 Å². The SMILES string of the molecule is Fc1ccccc1N(c1ccccc1)c1ccc2ccc3c(N(c4ccccc4)c4ccccc4F)ccc4ccc1c2c43. The molecule has 8 aromatic carbocycles. The summed E-state index contributed by atoms with van der Waals surface area (Å²) in [5.41, 5.74) is 4.44. The third kappa shape index (κ3) is 4.15. The van der Waals surface area contributed by atoms with Crippen molar-refractivity contribution < 1.29 is 8.78 Å². The van der Waals surface area contributed by atoms with Crippen LogP contribution >= 0.6 is 0 Å². The number of rotatable bonds is 6. The zero-order valence-electron chi connectivity index (χ0n) is 23.7. The molecular weight excluding hydrogens is 546 g/mol. The monoisotopic (exact) mass is 572 g/mol. The van der Waals surface area contributed by atoms with Crippen molar-refractivity contribution in [3.05, 3.63) is 169 Å². The van der Waals surface area contributed by atoms with Crippen LogP contribution in [0, 0.1) is 11.6 Å². The Bertz CT molecular complexity index is 2100. The van der Waals surface area contributed by atoms with Crippen LogP contribution in [0.15, 0.2) is 158 Å². The lowest BCUT2D eigenvalue weighted by atomic mass is 9.91. The zero-order valence-corrected chi connectivity index (χ0v) is 23.7. The van der Waals surface area contributed by atoms with Crippen molar-refractivity contribution >= 4 is 66.4 Å². The van der Waals surface area contributed by atoms with Gasteiger partial charge in [-0.05, 0) is 82.2 Å². The molecule has 0 saturated carbocycles. The second-order valence-corrected chi connectivity index (χ2v) is 10.8. The fourth-order valence-electron chi connectivity index (χ4n) is 6.40. The van der Waals surface area contributed by atoms with Crippen molar-refractivity contribution in [3.63, 3.8) is 0 Å². The summed E-state index contributed by atoms with van der Waals surface area (Å²) < 4.78 is 30.9. The van der Waals surface area contributed by atoms with Crippen LogP contribution < -0.4 is 9.80 Å². The molecule has 0 heterocycles. The van der Waals surface area contributed by atoms with Crippen molar-refractivity contribution in [1.82, 2.24) is 0 Å². The van der Waals surface area contributed by atoms with Gasteiger partial charge in [0.25, 0.3) is 0 Å². The molecule has 0 aliphatic heterocycles. The molecular formula is C40H26F2N2. The molecule has 0 spiro atoms. The Hall–Kier alpha value is -5.74. The van der Waals surface area contributed by atoms with Gasteiger partial charge < -0.3 is 9.80 Å². The first-order chi connectivity index (χ1) is 21.7. The van der Waals surface area contributed by atoms with E-state index in [0.717, 1.165) is 55.1 Å². The van der Waals surface area contributed by atoms with Gasteiger partial charge in [0.15, 0.2) is 0 Å². The van der Waals surface area contributed by atoms with Gasteiger partial charge in [-0.1, -0.05) is 97.1 Å². The molecule has 0 aliphatic rings. The molecule has 0 amide bonds. The number of hydrogen-bond acceptors (Lipinski definition) is 2. The summed E-state index contributed by atoms with van der Waals surface area (Å²) in [6.45, 7) is 0. The molecule has 8 aromatic rings. The highest BCUT2D eigenvalue weighted by Gasteiger charge is 2.23. The first-order valence-electron chi connectivity index (χ1n) is 14.6. The highest BCUT2D eigenvalue weighted by atomic mass is 19.1. The maximum absolute atomic E-state index is 15.4. The molecule has 4 heteroatoms. The van der Waals surface area contributed by atoms with Crippen LogP contribution in [-0.2, 0) is 0 Å². The summed E-state index contributed by atoms with van der Waals surface area (Å²) in [5, 5.41) is 6.33. The van der Waals surface area contributed by atoms with E-state index in [0.29, 0.717) is 11.4 Å². The second kappa shape index (κ2) is 10.5. The third-order valence-electron chi connectivity index (χ3n) is 8.32. The van der Waals surface area contributed by atoms with E-state index in [9.17, 15) is 0 Å². The number of benzene rings is 8. The zero-order chi connectivity index (χ0) is 29.6. The van der Waals surface area contributed by atoms with Crippen molar-refractivity contribution in [1.29, 1.82) is 0 Å². The molecule has 44 heavy (non-hydrogen) atoms. The standard InChI is InChI=1S/C40H26F2N2/c41-33-15-7-9-17-37(33)43(29-11-3-1-4-12-29)35-25-21-27-20-24-32-36(26-22-28-19-23-31(35)39(27)40(28)32)44(30-13-5-2-6-14-30)38-18-10-8-16-34(38)42/h1-26H. The second-order valence-electron chi connectivity index (χ2n) is 10.8. The van der Waals surface area contributed by atoms with Gasteiger partial charge in [-0.2, -0.15) is 0 Å². The van der Waals surface area contributed by atoms with Crippen molar-refractivity contribution in [3.8, 4) is 0 Å². The third-order valence-corrected chi connectivity index (χ3v) is 8.32. The van der Waals surface area contributed by atoms with Crippen LogP contribution in [0.4, 0.5) is 42.9 Å². The van der Waals surface area contributed by atoms with Crippen LogP contribution in [0.5, 0.6) is 0 Å². The Morgan fingerprint density at radius 1 is 0.318 bits per heavy atom. The predicted octanol–water partition coefficient (Wildman–Crippen LogP) is 11.8. The Kier molecular flexibility index (Phi) is 6.20. The quantitative estimate of drug-likeness (QED) is 0.183. The van der Waals surface area contributed by atoms with Crippen molar-refractivity contribution in [2.45, 2.75) is 0 Å². The van der Waals surface area contributed by atoms with E-state index in [4.69, 9.17) is 0 Å². The van der Waals surface area contributed by atoms with E-state index in [-0.39, 0.29) is 11.6 Å². The fourth-order valence-corrected chi connectivity index (χ4v) is 6.40. The van der Waals surface area contributed by atoms with E-state index in [1.54, 1.807) is 12.1 Å². The van der Waals surface area contributed by atoms with Gasteiger partial charge in [-0.15, -0.1) is 0 Å². The largest absolute Gasteiger partial charge is 0.307 e. The molecule has 0 atom stereocenters. The maximum atomic E-state index is 15.4. The maximum Gasteiger partial charge on any atom is 0.147 e. The number of halogens is 2. The van der Waals surface area contributed by atoms with E-state index < -0.39 is 0 Å². The molecule has 2 nitrogen and oxygen atoms in total. The Morgan fingerprint density at radius 3 is 1.09 bits per heavy atom. The highest BCUT2D eigenvalue weighted by Crippen LogP contribution is 2.47. The summed E-state index contributed by atoms with van der Waals surface area (Å²) >= 11 is 0. The minimum Gasteiger partial charge on any atom is -0.307 e. The summed E-state index contributed by atoms with van der Waals surface area (Å²) in [7, 11) is 0. The average Bonchev–Trinajstić information content (AvgIpc) is 3.07. The van der Waals surface area contributed by atoms with Gasteiger partial charge in [-0.25, -0.2) is 8.78 Å². The van der Waals surface area contributed by atoms with E-state index in [1.165, 1.54) is 12.1 Å². The Labute approximate surface area is 254 Å². The van der Waals surface area contributed by atoms with Crippen LogP contribution in [0.1, 0.15) is 0 Å². The number of para-hydroxylation sites is 4. The molecule has 0 radical (unpaired) electrons. The van der Waals surface area contributed by atoms with Crippen molar-refractivity contribution in [2.75, 3.05) is 9.80 Å². The normalized spacial score (nSPS) is 11.4. The smallest absolute Gasteiger partial charge is 0.147 e. The summed E-state index contributed by atoms with van der Waals surface area (Å²) in [4.78, 5) is 3.97. The lowest BCUT2D eigenvalue weighted by molar-refractivity contribution is 0.628. The van der Waals surface area contributed by atoms with Gasteiger partial charge in [-0.3, -0.25) is 0 Å². The predicted molar refractivity (Wildman–Crippen MR) is 179 cm³/mol. The van der Waals surface area contributed by atoms with E-state index in [2.05, 4.69) is 48.5 Å². The van der Waals surface area contributed by atoms with Crippen LogP contribution in [0.2, 0.25) is 0 Å². The van der Waals surface area contributed by atoms with Crippen molar-refractivity contribution in [2.24, 2.45) is 0 Å². The lowest BCUT2D eigenvalue weighted by Gasteiger charge is -2.29. The number of anilines is 6. The summed E-state index contributed by atoms with van der Waals surface area (Å²) in [6, 6.07) is 50.3. The van der Waals surface area contributed by atoms with E-state index in [1.807, 2.05) is 94.7 Å². The first kappa shape index (κ1) is 25.9. The minimum atomic E-state index is -0.298. The topological polar surface area (TPSA) is 6.48 Å².